The molecule has 2 heterocycles. The number of benzene rings is 1. The van der Waals surface area contributed by atoms with Crippen molar-refractivity contribution in [2.45, 2.75) is 45.4 Å². The Labute approximate surface area is 152 Å². The SMILES string of the molecule is CCNC(=NCC1CN2CCCC2CO1)N(C)Cc1ccc(C)cc1. The zero-order valence-corrected chi connectivity index (χ0v) is 15.9. The Balaban J connectivity index is 1.57. The molecule has 0 radical (unpaired) electrons. The second-order valence-electron chi connectivity index (χ2n) is 7.28. The molecule has 1 N–H and O–H groups in total. The summed E-state index contributed by atoms with van der Waals surface area (Å²) in [5.41, 5.74) is 2.59. The van der Waals surface area contributed by atoms with Gasteiger partial charge in [0.05, 0.1) is 19.3 Å². The van der Waals surface area contributed by atoms with Gasteiger partial charge in [-0.3, -0.25) is 9.89 Å². The Kier molecular flexibility index (Phi) is 6.32. The predicted octanol–water partition coefficient (Wildman–Crippen LogP) is 2.26. The molecule has 5 heteroatoms. The summed E-state index contributed by atoms with van der Waals surface area (Å²) in [5, 5.41) is 3.41. The lowest BCUT2D eigenvalue weighted by Crippen LogP contribution is -2.47. The molecule has 1 aromatic carbocycles. The van der Waals surface area contributed by atoms with Gasteiger partial charge in [0.25, 0.3) is 0 Å². The van der Waals surface area contributed by atoms with Crippen molar-refractivity contribution < 1.29 is 4.74 Å². The number of rotatable bonds is 5. The molecule has 0 aliphatic carbocycles. The number of nitrogens with one attached hydrogen (secondary N) is 1. The van der Waals surface area contributed by atoms with E-state index < -0.39 is 0 Å². The summed E-state index contributed by atoms with van der Waals surface area (Å²) in [6.45, 7) is 9.80. The third-order valence-electron chi connectivity index (χ3n) is 5.14. The van der Waals surface area contributed by atoms with Crippen molar-refractivity contribution >= 4 is 5.96 Å². The maximum absolute atomic E-state index is 6.04. The molecule has 0 bridgehead atoms. The maximum atomic E-state index is 6.04. The van der Waals surface area contributed by atoms with Gasteiger partial charge in [-0.15, -0.1) is 0 Å². The van der Waals surface area contributed by atoms with E-state index in [2.05, 4.69) is 60.3 Å². The van der Waals surface area contributed by atoms with E-state index in [1.54, 1.807) is 0 Å². The van der Waals surface area contributed by atoms with Gasteiger partial charge in [-0.05, 0) is 38.8 Å². The number of ether oxygens (including phenoxy) is 1. The molecule has 0 saturated carbocycles. The summed E-state index contributed by atoms with van der Waals surface area (Å²) in [5.74, 6) is 0.954. The highest BCUT2D eigenvalue weighted by molar-refractivity contribution is 5.79. The third kappa shape index (κ3) is 4.95. The largest absolute Gasteiger partial charge is 0.373 e. The molecule has 0 amide bonds. The van der Waals surface area contributed by atoms with Crippen LogP contribution in [0.5, 0.6) is 0 Å². The summed E-state index contributed by atoms with van der Waals surface area (Å²) in [4.78, 5) is 9.61. The molecule has 2 fully saturated rings. The smallest absolute Gasteiger partial charge is 0.194 e. The fraction of sp³-hybridized carbons (Fsp3) is 0.650. The number of aliphatic imine (C=N–C) groups is 1. The van der Waals surface area contributed by atoms with Crippen molar-refractivity contribution in [3.8, 4) is 0 Å². The molecule has 2 saturated heterocycles. The molecule has 3 rings (SSSR count). The van der Waals surface area contributed by atoms with E-state index in [1.807, 2.05) is 0 Å². The summed E-state index contributed by atoms with van der Waals surface area (Å²) in [7, 11) is 2.10. The molecule has 138 valence electrons. The summed E-state index contributed by atoms with van der Waals surface area (Å²) in [6.07, 6.45) is 2.82. The average Bonchev–Trinajstić information content (AvgIpc) is 3.08. The van der Waals surface area contributed by atoms with E-state index in [4.69, 9.17) is 9.73 Å². The van der Waals surface area contributed by atoms with Crippen molar-refractivity contribution in [2.75, 3.05) is 39.8 Å². The Morgan fingerprint density at radius 1 is 1.36 bits per heavy atom. The van der Waals surface area contributed by atoms with Crippen LogP contribution in [0.1, 0.15) is 30.9 Å². The highest BCUT2D eigenvalue weighted by Gasteiger charge is 2.32. The van der Waals surface area contributed by atoms with Gasteiger partial charge in [-0.25, -0.2) is 0 Å². The highest BCUT2D eigenvalue weighted by atomic mass is 16.5. The highest BCUT2D eigenvalue weighted by Crippen LogP contribution is 2.22. The minimum Gasteiger partial charge on any atom is -0.373 e. The summed E-state index contributed by atoms with van der Waals surface area (Å²) < 4.78 is 6.04. The van der Waals surface area contributed by atoms with Crippen molar-refractivity contribution in [1.29, 1.82) is 0 Å². The third-order valence-corrected chi connectivity index (χ3v) is 5.14. The van der Waals surface area contributed by atoms with Crippen LogP contribution in [-0.4, -0.2) is 67.7 Å². The number of guanidine groups is 1. The first-order valence-corrected chi connectivity index (χ1v) is 9.56. The lowest BCUT2D eigenvalue weighted by molar-refractivity contribution is -0.0432. The minimum absolute atomic E-state index is 0.218. The van der Waals surface area contributed by atoms with Crippen LogP contribution in [0.2, 0.25) is 0 Å². The molecule has 1 aromatic rings. The first-order valence-electron chi connectivity index (χ1n) is 9.56. The standard InChI is InChI=1S/C20H32N4O/c1-4-21-20(23(3)13-17-9-7-16(2)8-10-17)22-12-19-14-24-11-5-6-18(24)15-25-19/h7-10,18-19H,4-6,11-15H2,1-3H3,(H,21,22). The Bertz CT molecular complexity index is 572. The van der Waals surface area contributed by atoms with Crippen molar-refractivity contribution in [2.24, 2.45) is 4.99 Å². The maximum Gasteiger partial charge on any atom is 0.194 e. The summed E-state index contributed by atoms with van der Waals surface area (Å²) in [6, 6.07) is 9.35. The molecule has 25 heavy (non-hydrogen) atoms. The zero-order valence-electron chi connectivity index (χ0n) is 15.9. The number of fused-ring (bicyclic) bond motifs is 1. The van der Waals surface area contributed by atoms with Crippen LogP contribution in [0.25, 0.3) is 0 Å². The van der Waals surface area contributed by atoms with Gasteiger partial charge in [-0.1, -0.05) is 29.8 Å². The molecule has 2 aliphatic rings. The van der Waals surface area contributed by atoms with Gasteiger partial charge in [-0.2, -0.15) is 0 Å². The van der Waals surface area contributed by atoms with Gasteiger partial charge >= 0.3 is 0 Å². The fourth-order valence-electron chi connectivity index (χ4n) is 3.70. The second kappa shape index (κ2) is 8.68. The number of aryl methyl sites for hydroxylation is 1. The van der Waals surface area contributed by atoms with Gasteiger partial charge in [0.1, 0.15) is 0 Å². The normalized spacial score (nSPS) is 24.2. The second-order valence-corrected chi connectivity index (χ2v) is 7.28. The molecule has 0 spiro atoms. The molecular weight excluding hydrogens is 312 g/mol. The molecule has 5 nitrogen and oxygen atoms in total. The van der Waals surface area contributed by atoms with Crippen LogP contribution in [-0.2, 0) is 11.3 Å². The van der Waals surface area contributed by atoms with Gasteiger partial charge in [0, 0.05) is 32.7 Å². The predicted molar refractivity (Wildman–Crippen MR) is 103 cm³/mol. The molecule has 2 aliphatic heterocycles. The average molecular weight is 345 g/mol. The number of hydrogen-bond acceptors (Lipinski definition) is 3. The lowest BCUT2D eigenvalue weighted by Gasteiger charge is -2.34. The van der Waals surface area contributed by atoms with Crippen LogP contribution in [0.3, 0.4) is 0 Å². The van der Waals surface area contributed by atoms with Gasteiger partial charge in [0.15, 0.2) is 5.96 Å². The Morgan fingerprint density at radius 2 is 2.16 bits per heavy atom. The quantitative estimate of drug-likeness (QED) is 0.657. The monoisotopic (exact) mass is 344 g/mol. The lowest BCUT2D eigenvalue weighted by atomic mass is 10.1. The topological polar surface area (TPSA) is 40.1 Å². The van der Waals surface area contributed by atoms with Crippen LogP contribution >= 0.6 is 0 Å². The number of morpholine rings is 1. The Hall–Kier alpha value is -1.59. The van der Waals surface area contributed by atoms with Crippen LogP contribution in [0, 0.1) is 6.92 Å². The first-order chi connectivity index (χ1) is 12.2. The number of nitrogens with zero attached hydrogens (tertiary/aromatic N) is 3. The van der Waals surface area contributed by atoms with Gasteiger partial charge < -0.3 is 15.0 Å². The molecule has 2 atom stereocenters. The Morgan fingerprint density at radius 3 is 2.92 bits per heavy atom. The van der Waals surface area contributed by atoms with Gasteiger partial charge in [0.2, 0.25) is 0 Å². The van der Waals surface area contributed by atoms with Crippen molar-refractivity contribution in [3.63, 3.8) is 0 Å². The van der Waals surface area contributed by atoms with E-state index in [1.165, 1.54) is 30.5 Å². The fourth-order valence-corrected chi connectivity index (χ4v) is 3.70. The summed E-state index contributed by atoms with van der Waals surface area (Å²) >= 11 is 0. The first kappa shape index (κ1) is 18.2. The molecule has 0 aromatic heterocycles. The van der Waals surface area contributed by atoms with E-state index in [9.17, 15) is 0 Å². The van der Waals surface area contributed by atoms with E-state index in [0.29, 0.717) is 6.04 Å². The number of hydrogen-bond donors (Lipinski definition) is 1. The van der Waals surface area contributed by atoms with Crippen molar-refractivity contribution in [1.82, 2.24) is 15.1 Å². The van der Waals surface area contributed by atoms with E-state index in [0.717, 1.165) is 38.7 Å². The van der Waals surface area contributed by atoms with E-state index >= 15 is 0 Å². The van der Waals surface area contributed by atoms with E-state index in [-0.39, 0.29) is 6.10 Å². The minimum atomic E-state index is 0.218. The zero-order chi connectivity index (χ0) is 17.6. The van der Waals surface area contributed by atoms with Crippen LogP contribution in [0.15, 0.2) is 29.3 Å². The molecular formula is C20H32N4O. The van der Waals surface area contributed by atoms with Crippen LogP contribution < -0.4 is 5.32 Å². The molecule has 2 unspecified atom stereocenters. The van der Waals surface area contributed by atoms with Crippen LogP contribution in [0.4, 0.5) is 0 Å². The van der Waals surface area contributed by atoms with Crippen molar-refractivity contribution in [3.05, 3.63) is 35.4 Å².